The van der Waals surface area contributed by atoms with E-state index in [1.807, 2.05) is 24.3 Å². The van der Waals surface area contributed by atoms with Crippen molar-refractivity contribution in [3.8, 4) is 11.5 Å². The lowest BCUT2D eigenvalue weighted by atomic mass is 10.1. The maximum atomic E-state index is 13.4. The van der Waals surface area contributed by atoms with Crippen molar-refractivity contribution in [3.63, 3.8) is 0 Å². The third-order valence-electron chi connectivity index (χ3n) is 4.92. The van der Waals surface area contributed by atoms with Crippen molar-refractivity contribution in [2.75, 3.05) is 39.4 Å². The van der Waals surface area contributed by atoms with Gasteiger partial charge in [0.05, 0.1) is 11.6 Å². The van der Waals surface area contributed by atoms with Gasteiger partial charge < -0.3 is 19.7 Å². The molecular formula is C22H25Cl2FN2O3. The lowest BCUT2D eigenvalue weighted by Gasteiger charge is -2.16. The van der Waals surface area contributed by atoms with Gasteiger partial charge in [-0.25, -0.2) is 4.39 Å². The average molecular weight is 455 g/mol. The maximum Gasteiger partial charge on any atom is 0.257 e. The van der Waals surface area contributed by atoms with Gasteiger partial charge >= 0.3 is 0 Å². The minimum Gasteiger partial charge on any atom is -0.494 e. The summed E-state index contributed by atoms with van der Waals surface area (Å²) in [6, 6.07) is 11.5. The summed E-state index contributed by atoms with van der Waals surface area (Å²) in [6.07, 6.45) is 1.98. The van der Waals surface area contributed by atoms with Crippen molar-refractivity contribution in [1.29, 1.82) is 0 Å². The Bertz CT molecular complexity index is 836. The number of amides is 1. The van der Waals surface area contributed by atoms with Crippen molar-refractivity contribution < 1.29 is 18.7 Å². The Labute approximate surface area is 186 Å². The number of hydrogen-bond donors (Lipinski definition) is 1. The number of nitrogens with one attached hydrogen (secondary N) is 1. The molecule has 1 atom stereocenters. The van der Waals surface area contributed by atoms with Crippen LogP contribution < -0.4 is 14.8 Å². The SMILES string of the molecule is O=C(COc1ccc(Cl)c(F)c1)NCC1CCN(CCCOc2ccc(Cl)cc2)C1. The molecule has 8 heteroatoms. The molecular weight excluding hydrogens is 430 g/mol. The highest BCUT2D eigenvalue weighted by atomic mass is 35.5. The van der Waals surface area contributed by atoms with Crippen molar-refractivity contribution in [2.45, 2.75) is 12.8 Å². The van der Waals surface area contributed by atoms with Gasteiger partial charge in [0.15, 0.2) is 6.61 Å². The van der Waals surface area contributed by atoms with Crippen molar-refractivity contribution in [1.82, 2.24) is 10.2 Å². The quantitative estimate of drug-likeness (QED) is 0.539. The predicted molar refractivity (Wildman–Crippen MR) is 116 cm³/mol. The number of benzene rings is 2. The van der Waals surface area contributed by atoms with Crippen molar-refractivity contribution in [3.05, 3.63) is 58.3 Å². The van der Waals surface area contributed by atoms with E-state index in [9.17, 15) is 9.18 Å². The summed E-state index contributed by atoms with van der Waals surface area (Å²) in [6.45, 7) is 4.03. The van der Waals surface area contributed by atoms with E-state index >= 15 is 0 Å². The molecule has 1 unspecified atom stereocenters. The highest BCUT2D eigenvalue weighted by molar-refractivity contribution is 6.30. The molecule has 2 aromatic rings. The number of ether oxygens (including phenoxy) is 2. The molecule has 1 heterocycles. The van der Waals surface area contributed by atoms with Crippen molar-refractivity contribution in [2.24, 2.45) is 5.92 Å². The molecule has 5 nitrogen and oxygen atoms in total. The minimum absolute atomic E-state index is 0.0223. The van der Waals surface area contributed by atoms with Gasteiger partial charge in [0, 0.05) is 30.7 Å². The molecule has 1 amide bonds. The first kappa shape index (κ1) is 22.7. The van der Waals surface area contributed by atoms with Gasteiger partial charge in [-0.05, 0) is 61.7 Å². The van der Waals surface area contributed by atoms with Gasteiger partial charge in [-0.15, -0.1) is 0 Å². The van der Waals surface area contributed by atoms with Crippen LogP contribution in [0.1, 0.15) is 12.8 Å². The number of likely N-dealkylation sites (tertiary alicyclic amines) is 1. The number of nitrogens with zero attached hydrogens (tertiary/aromatic N) is 1. The molecule has 0 saturated carbocycles. The van der Waals surface area contributed by atoms with Gasteiger partial charge in [0.2, 0.25) is 0 Å². The van der Waals surface area contributed by atoms with Gasteiger partial charge in [-0.3, -0.25) is 4.79 Å². The van der Waals surface area contributed by atoms with E-state index in [-0.39, 0.29) is 23.3 Å². The van der Waals surface area contributed by atoms with E-state index in [0.29, 0.717) is 24.1 Å². The Hall–Kier alpha value is -2.02. The molecule has 1 N–H and O–H groups in total. The van der Waals surface area contributed by atoms with Gasteiger partial charge in [0.25, 0.3) is 5.91 Å². The van der Waals surface area contributed by atoms with E-state index < -0.39 is 5.82 Å². The highest BCUT2D eigenvalue weighted by Gasteiger charge is 2.22. The van der Waals surface area contributed by atoms with Crippen LogP contribution in [0, 0.1) is 11.7 Å². The smallest absolute Gasteiger partial charge is 0.257 e. The van der Waals surface area contributed by atoms with Crippen molar-refractivity contribution >= 4 is 29.1 Å². The third-order valence-corrected chi connectivity index (χ3v) is 5.48. The second-order valence-corrected chi connectivity index (χ2v) is 8.12. The van der Waals surface area contributed by atoms with Crippen LogP contribution in [-0.2, 0) is 4.79 Å². The molecule has 162 valence electrons. The molecule has 2 aromatic carbocycles. The first-order chi connectivity index (χ1) is 14.5. The van der Waals surface area contributed by atoms with Crippen LogP contribution in [0.5, 0.6) is 11.5 Å². The molecule has 1 fully saturated rings. The fourth-order valence-corrected chi connectivity index (χ4v) is 3.56. The predicted octanol–water partition coefficient (Wildman–Crippen LogP) is 4.42. The fraction of sp³-hybridized carbons (Fsp3) is 0.409. The second kappa shape index (κ2) is 11.4. The number of hydrogen-bond acceptors (Lipinski definition) is 4. The van der Waals surface area contributed by atoms with Gasteiger partial charge in [-0.2, -0.15) is 0 Å². The van der Waals surface area contributed by atoms with Crippen LogP contribution in [-0.4, -0.2) is 50.2 Å². The van der Waals surface area contributed by atoms with Gasteiger partial charge in [0.1, 0.15) is 17.3 Å². The zero-order chi connectivity index (χ0) is 21.3. The van der Waals surface area contributed by atoms with E-state index in [1.54, 1.807) is 0 Å². The summed E-state index contributed by atoms with van der Waals surface area (Å²) in [7, 11) is 0. The molecule has 0 bridgehead atoms. The van der Waals surface area contributed by atoms with Crippen LogP contribution >= 0.6 is 23.2 Å². The number of carbonyl (C=O) groups excluding carboxylic acids is 1. The van der Waals surface area contributed by atoms with Gasteiger partial charge in [-0.1, -0.05) is 23.2 Å². The third kappa shape index (κ3) is 7.35. The monoisotopic (exact) mass is 454 g/mol. The zero-order valence-corrected chi connectivity index (χ0v) is 18.1. The Morgan fingerprint density at radius 1 is 1.13 bits per heavy atom. The van der Waals surface area contributed by atoms with Crippen LogP contribution in [0.4, 0.5) is 4.39 Å². The normalized spacial score (nSPS) is 16.4. The summed E-state index contributed by atoms with van der Waals surface area (Å²) in [4.78, 5) is 14.4. The van der Waals surface area contributed by atoms with Crippen LogP contribution in [0.25, 0.3) is 0 Å². The van der Waals surface area contributed by atoms with E-state index in [4.69, 9.17) is 32.7 Å². The number of halogens is 3. The summed E-state index contributed by atoms with van der Waals surface area (Å²) < 4.78 is 24.4. The van der Waals surface area contributed by atoms with Crippen LogP contribution in [0.15, 0.2) is 42.5 Å². The topological polar surface area (TPSA) is 50.8 Å². The molecule has 0 radical (unpaired) electrons. The molecule has 1 saturated heterocycles. The molecule has 0 aromatic heterocycles. The average Bonchev–Trinajstić information content (AvgIpc) is 3.19. The first-order valence-corrected chi connectivity index (χ1v) is 10.7. The second-order valence-electron chi connectivity index (χ2n) is 7.28. The summed E-state index contributed by atoms with van der Waals surface area (Å²) in [5, 5.41) is 3.61. The Balaban J connectivity index is 1.26. The zero-order valence-electron chi connectivity index (χ0n) is 16.6. The standard InChI is InChI=1S/C22H25Cl2FN2O3/c23-17-2-4-18(5-3-17)29-11-1-9-27-10-8-16(14-27)13-26-22(28)15-30-19-6-7-20(24)21(25)12-19/h2-7,12,16H,1,8-11,13-15H2,(H,26,28). The molecule has 1 aliphatic rings. The molecule has 1 aliphatic heterocycles. The highest BCUT2D eigenvalue weighted by Crippen LogP contribution is 2.20. The number of carbonyl (C=O) groups is 1. The Morgan fingerprint density at radius 2 is 1.90 bits per heavy atom. The lowest BCUT2D eigenvalue weighted by molar-refractivity contribution is -0.123. The largest absolute Gasteiger partial charge is 0.494 e. The lowest BCUT2D eigenvalue weighted by Crippen LogP contribution is -2.34. The summed E-state index contributed by atoms with van der Waals surface area (Å²) >= 11 is 11.5. The van der Waals surface area contributed by atoms with E-state index in [1.165, 1.54) is 18.2 Å². The Morgan fingerprint density at radius 3 is 2.67 bits per heavy atom. The van der Waals surface area contributed by atoms with E-state index in [0.717, 1.165) is 38.2 Å². The Kier molecular flexibility index (Phi) is 8.61. The molecule has 30 heavy (non-hydrogen) atoms. The maximum absolute atomic E-state index is 13.4. The molecule has 0 aliphatic carbocycles. The number of rotatable bonds is 10. The summed E-state index contributed by atoms with van der Waals surface area (Å²) in [5.74, 6) is 0.725. The first-order valence-electron chi connectivity index (χ1n) is 9.95. The van der Waals surface area contributed by atoms with Crippen LogP contribution in [0.2, 0.25) is 10.0 Å². The minimum atomic E-state index is -0.570. The summed E-state index contributed by atoms with van der Waals surface area (Å²) in [5.41, 5.74) is 0. The molecule has 0 spiro atoms. The van der Waals surface area contributed by atoms with Crippen LogP contribution in [0.3, 0.4) is 0 Å². The molecule has 3 rings (SSSR count). The fourth-order valence-electron chi connectivity index (χ4n) is 3.32. The van der Waals surface area contributed by atoms with E-state index in [2.05, 4.69) is 10.2 Å².